The maximum atomic E-state index is 15.0. The number of hydrogen-bond acceptors (Lipinski definition) is 3. The van der Waals surface area contributed by atoms with Crippen molar-refractivity contribution in [2.75, 3.05) is 0 Å². The minimum absolute atomic E-state index is 0.0525. The van der Waals surface area contributed by atoms with Gasteiger partial charge in [-0.1, -0.05) is 23.7 Å². The second-order valence-corrected chi connectivity index (χ2v) is 9.18. The molecule has 1 aliphatic carbocycles. The molecule has 6 nitrogen and oxygen atoms in total. The zero-order valence-electron chi connectivity index (χ0n) is 17.8. The molecule has 166 valence electrons. The van der Waals surface area contributed by atoms with Crippen molar-refractivity contribution < 1.29 is 14.3 Å². The van der Waals surface area contributed by atoms with Gasteiger partial charge in [-0.05, 0) is 60.6 Å². The Hall–Kier alpha value is -3.06. The maximum Gasteiger partial charge on any atom is 0.331 e. The molecule has 5 rings (SSSR count). The summed E-state index contributed by atoms with van der Waals surface area (Å²) < 4.78 is 17.5. The number of imidazole rings is 1. The number of amides is 1. The number of halogens is 2. The first-order chi connectivity index (χ1) is 15.2. The molecule has 32 heavy (non-hydrogen) atoms. The SMILES string of the molecule is CC(C1CC1)N1Cc2cc(-c3ccc(Cn4cc(O)n(C)c4=O)cc3F)cc(Cl)c2C1=O. The fraction of sp³-hybridized carbons (Fsp3) is 0.333. The minimum Gasteiger partial charge on any atom is -0.493 e. The highest BCUT2D eigenvalue weighted by molar-refractivity contribution is 6.34. The van der Waals surface area contributed by atoms with E-state index in [-0.39, 0.29) is 30.1 Å². The van der Waals surface area contributed by atoms with Gasteiger partial charge in [0.2, 0.25) is 5.88 Å². The first-order valence-corrected chi connectivity index (χ1v) is 11.0. The van der Waals surface area contributed by atoms with Crippen LogP contribution in [0.4, 0.5) is 4.39 Å². The summed E-state index contributed by atoms with van der Waals surface area (Å²) in [5, 5.41) is 10.0. The lowest BCUT2D eigenvalue weighted by molar-refractivity contribution is 0.0697. The van der Waals surface area contributed by atoms with Crippen molar-refractivity contribution in [2.24, 2.45) is 13.0 Å². The molecule has 1 unspecified atom stereocenters. The number of fused-ring (bicyclic) bond motifs is 1. The van der Waals surface area contributed by atoms with Gasteiger partial charge in [-0.3, -0.25) is 13.9 Å². The quantitative estimate of drug-likeness (QED) is 0.628. The zero-order valence-corrected chi connectivity index (χ0v) is 18.6. The van der Waals surface area contributed by atoms with E-state index >= 15 is 4.39 Å². The van der Waals surface area contributed by atoms with Gasteiger partial charge in [0.1, 0.15) is 5.82 Å². The fourth-order valence-electron chi connectivity index (χ4n) is 4.52. The Bertz CT molecular complexity index is 1310. The van der Waals surface area contributed by atoms with Gasteiger partial charge in [0.05, 0.1) is 23.3 Å². The molecule has 1 saturated carbocycles. The van der Waals surface area contributed by atoms with Crippen LogP contribution in [0.1, 0.15) is 41.3 Å². The summed E-state index contributed by atoms with van der Waals surface area (Å²) in [6.07, 6.45) is 3.61. The van der Waals surface area contributed by atoms with E-state index in [1.54, 1.807) is 18.2 Å². The van der Waals surface area contributed by atoms with Crippen LogP contribution in [-0.2, 0) is 20.1 Å². The molecule has 2 aliphatic rings. The molecule has 2 aromatic carbocycles. The number of carbonyl (C=O) groups excluding carboxylic acids is 1. The smallest absolute Gasteiger partial charge is 0.331 e. The molecule has 1 aromatic heterocycles. The third kappa shape index (κ3) is 3.41. The van der Waals surface area contributed by atoms with Gasteiger partial charge in [0.15, 0.2) is 0 Å². The summed E-state index contributed by atoms with van der Waals surface area (Å²) in [6, 6.07) is 8.42. The largest absolute Gasteiger partial charge is 0.493 e. The highest BCUT2D eigenvalue weighted by Gasteiger charge is 2.39. The summed E-state index contributed by atoms with van der Waals surface area (Å²) in [7, 11) is 1.46. The third-order valence-electron chi connectivity index (χ3n) is 6.63. The van der Waals surface area contributed by atoms with Crippen molar-refractivity contribution in [3.8, 4) is 17.0 Å². The molecule has 0 spiro atoms. The molecule has 2 heterocycles. The summed E-state index contributed by atoms with van der Waals surface area (Å²) in [5.74, 6) is -0.0995. The Morgan fingerprint density at radius 1 is 1.22 bits per heavy atom. The molecular formula is C24H23ClFN3O3. The summed E-state index contributed by atoms with van der Waals surface area (Å²) in [6.45, 7) is 2.70. The van der Waals surface area contributed by atoms with Crippen molar-refractivity contribution in [3.05, 3.63) is 74.5 Å². The number of rotatable bonds is 5. The molecule has 0 radical (unpaired) electrons. The molecule has 0 saturated heterocycles. The van der Waals surface area contributed by atoms with Gasteiger partial charge < -0.3 is 10.0 Å². The molecule has 8 heteroatoms. The van der Waals surface area contributed by atoms with E-state index < -0.39 is 5.82 Å². The number of aromatic hydroxyl groups is 1. The van der Waals surface area contributed by atoms with Gasteiger partial charge in [0, 0.05) is 25.2 Å². The van der Waals surface area contributed by atoms with Crippen molar-refractivity contribution in [1.29, 1.82) is 0 Å². The van der Waals surface area contributed by atoms with Crippen molar-refractivity contribution in [2.45, 2.75) is 38.9 Å². The molecule has 1 fully saturated rings. The van der Waals surface area contributed by atoms with Gasteiger partial charge in [-0.2, -0.15) is 0 Å². The van der Waals surface area contributed by atoms with Crippen LogP contribution in [0.2, 0.25) is 5.02 Å². The zero-order chi connectivity index (χ0) is 22.7. The van der Waals surface area contributed by atoms with Crippen LogP contribution in [0.5, 0.6) is 5.88 Å². The number of benzene rings is 2. The number of carbonyl (C=O) groups is 1. The average molecular weight is 456 g/mol. The Labute approximate surface area is 189 Å². The summed E-state index contributed by atoms with van der Waals surface area (Å²) in [4.78, 5) is 26.8. The van der Waals surface area contributed by atoms with Crippen LogP contribution in [0.3, 0.4) is 0 Å². The lowest BCUT2D eigenvalue weighted by Gasteiger charge is -2.23. The normalized spacial score (nSPS) is 16.5. The lowest BCUT2D eigenvalue weighted by Crippen LogP contribution is -2.34. The second kappa shape index (κ2) is 7.52. The summed E-state index contributed by atoms with van der Waals surface area (Å²) in [5.41, 5.74) is 2.53. The van der Waals surface area contributed by atoms with Crippen LogP contribution >= 0.6 is 11.6 Å². The van der Waals surface area contributed by atoms with E-state index in [1.807, 2.05) is 11.0 Å². The van der Waals surface area contributed by atoms with Gasteiger partial charge in [0.25, 0.3) is 5.91 Å². The highest BCUT2D eigenvalue weighted by atomic mass is 35.5. The van der Waals surface area contributed by atoms with Crippen LogP contribution in [-0.4, -0.2) is 31.1 Å². The van der Waals surface area contributed by atoms with Gasteiger partial charge in [-0.25, -0.2) is 9.18 Å². The number of hydrogen-bond donors (Lipinski definition) is 1. The predicted molar refractivity (Wildman–Crippen MR) is 119 cm³/mol. The predicted octanol–water partition coefficient (Wildman–Crippen LogP) is 4.15. The molecule has 3 aromatic rings. The Balaban J connectivity index is 1.44. The van der Waals surface area contributed by atoms with E-state index in [1.165, 1.54) is 23.9 Å². The Kier molecular flexibility index (Phi) is 4.89. The molecule has 0 bridgehead atoms. The minimum atomic E-state index is -0.445. The average Bonchev–Trinajstić information content (AvgIpc) is 3.50. The van der Waals surface area contributed by atoms with Crippen LogP contribution in [0.25, 0.3) is 11.1 Å². The highest BCUT2D eigenvalue weighted by Crippen LogP contribution is 2.41. The molecule has 1 amide bonds. The van der Waals surface area contributed by atoms with Crippen LogP contribution in [0.15, 0.2) is 41.3 Å². The topological polar surface area (TPSA) is 67.5 Å². The van der Waals surface area contributed by atoms with Crippen molar-refractivity contribution in [3.63, 3.8) is 0 Å². The van der Waals surface area contributed by atoms with Gasteiger partial charge in [-0.15, -0.1) is 0 Å². The third-order valence-corrected chi connectivity index (χ3v) is 6.93. The van der Waals surface area contributed by atoms with Crippen molar-refractivity contribution in [1.82, 2.24) is 14.0 Å². The number of nitrogens with zero attached hydrogens (tertiary/aromatic N) is 3. The summed E-state index contributed by atoms with van der Waals surface area (Å²) >= 11 is 6.48. The van der Waals surface area contributed by atoms with E-state index in [0.717, 1.165) is 23.0 Å². The van der Waals surface area contributed by atoms with E-state index in [4.69, 9.17) is 11.6 Å². The lowest BCUT2D eigenvalue weighted by atomic mass is 9.98. The first kappa shape index (κ1) is 20.8. The van der Waals surface area contributed by atoms with Crippen molar-refractivity contribution >= 4 is 17.5 Å². The van der Waals surface area contributed by atoms with Crippen LogP contribution in [0, 0.1) is 11.7 Å². The standard InChI is InChI=1S/C24H23ClFN3O3/c1-13(15-4-5-15)29-11-17-8-16(9-19(25)22(17)23(29)31)18-6-3-14(7-20(18)26)10-28-12-21(30)27(2)24(28)32/h3,6-9,12-13,15,30H,4-5,10-11H2,1-2H3. The maximum absolute atomic E-state index is 15.0. The fourth-order valence-corrected chi connectivity index (χ4v) is 4.84. The molecule has 1 aliphatic heterocycles. The van der Waals surface area contributed by atoms with E-state index in [9.17, 15) is 14.7 Å². The second-order valence-electron chi connectivity index (χ2n) is 8.77. The van der Waals surface area contributed by atoms with E-state index in [2.05, 4.69) is 6.92 Å². The van der Waals surface area contributed by atoms with E-state index in [0.29, 0.717) is 39.7 Å². The first-order valence-electron chi connectivity index (χ1n) is 10.6. The van der Waals surface area contributed by atoms with Gasteiger partial charge >= 0.3 is 5.69 Å². The Morgan fingerprint density at radius 2 is 1.97 bits per heavy atom. The molecule has 1 N–H and O–H groups in total. The Morgan fingerprint density at radius 3 is 2.59 bits per heavy atom. The molecular weight excluding hydrogens is 433 g/mol. The monoisotopic (exact) mass is 455 g/mol. The molecule has 1 atom stereocenters. The number of aromatic nitrogens is 2. The van der Waals surface area contributed by atoms with Crippen LogP contribution < -0.4 is 5.69 Å².